The Morgan fingerprint density at radius 1 is 1.28 bits per heavy atom. The van der Waals surface area contributed by atoms with Gasteiger partial charge in [-0.3, -0.25) is 0 Å². The second kappa shape index (κ2) is 7.84. The average Bonchev–Trinajstić information content (AvgIpc) is 2.39. The smallest absolute Gasteiger partial charge is 0.334 e. The fourth-order valence-electron chi connectivity index (χ4n) is 1.85. The first-order valence-electron chi connectivity index (χ1n) is 6.36. The van der Waals surface area contributed by atoms with E-state index in [2.05, 4.69) is 12.2 Å². The van der Waals surface area contributed by atoms with Crippen LogP contribution in [0.1, 0.15) is 37.8 Å². The number of benzene rings is 1. The summed E-state index contributed by atoms with van der Waals surface area (Å²) < 4.78 is 0. The lowest BCUT2D eigenvalue weighted by Crippen LogP contribution is -2.37. The van der Waals surface area contributed by atoms with Crippen molar-refractivity contribution in [2.75, 3.05) is 6.54 Å². The van der Waals surface area contributed by atoms with Crippen LogP contribution in [0.25, 0.3) is 0 Å². The summed E-state index contributed by atoms with van der Waals surface area (Å²) >= 11 is 0. The van der Waals surface area contributed by atoms with Crippen LogP contribution >= 0.6 is 0 Å². The molecule has 3 N–H and O–H groups in total. The summed E-state index contributed by atoms with van der Waals surface area (Å²) in [5.74, 6) is -1.20. The highest BCUT2D eigenvalue weighted by molar-refractivity contribution is 5.73. The van der Waals surface area contributed by atoms with Crippen LogP contribution in [-0.2, 0) is 4.79 Å². The number of carboxylic acid groups (broad SMARTS) is 1. The Labute approximate surface area is 108 Å². The second-order valence-corrected chi connectivity index (χ2v) is 4.33. The van der Waals surface area contributed by atoms with Crippen molar-refractivity contribution in [2.24, 2.45) is 0 Å². The molecule has 0 radical (unpaired) electrons. The maximum atomic E-state index is 10.9. The molecule has 4 heteroatoms. The van der Waals surface area contributed by atoms with Gasteiger partial charge in [-0.15, -0.1) is 0 Å². The molecule has 0 aliphatic heterocycles. The molecule has 1 aromatic rings. The van der Waals surface area contributed by atoms with E-state index < -0.39 is 18.1 Å². The van der Waals surface area contributed by atoms with Crippen LogP contribution in [0.4, 0.5) is 0 Å². The van der Waals surface area contributed by atoms with Crippen LogP contribution in [0.5, 0.6) is 0 Å². The number of aliphatic hydroxyl groups excluding tert-OH is 1. The summed E-state index contributed by atoms with van der Waals surface area (Å²) in [6.45, 7) is 2.82. The highest BCUT2D eigenvalue weighted by Crippen LogP contribution is 2.17. The molecule has 4 nitrogen and oxygen atoms in total. The molecule has 0 aliphatic rings. The van der Waals surface area contributed by atoms with Crippen LogP contribution in [-0.4, -0.2) is 28.8 Å². The zero-order valence-corrected chi connectivity index (χ0v) is 10.7. The topological polar surface area (TPSA) is 69.6 Å². The van der Waals surface area contributed by atoms with E-state index in [-0.39, 0.29) is 0 Å². The summed E-state index contributed by atoms with van der Waals surface area (Å²) in [7, 11) is 0. The van der Waals surface area contributed by atoms with E-state index in [0.29, 0.717) is 6.54 Å². The van der Waals surface area contributed by atoms with E-state index in [1.54, 1.807) is 0 Å². The summed E-state index contributed by atoms with van der Waals surface area (Å²) in [5, 5.41) is 21.8. The number of hydrogen-bond acceptors (Lipinski definition) is 3. The number of aliphatic carboxylic acids is 1. The van der Waals surface area contributed by atoms with E-state index in [9.17, 15) is 9.90 Å². The van der Waals surface area contributed by atoms with Crippen molar-refractivity contribution >= 4 is 5.97 Å². The lowest BCUT2D eigenvalue weighted by atomic mass is 10.0. The van der Waals surface area contributed by atoms with E-state index in [1.807, 2.05) is 30.3 Å². The number of aliphatic hydroxyl groups is 1. The predicted molar refractivity (Wildman–Crippen MR) is 70.4 cm³/mol. The molecule has 0 amide bonds. The van der Waals surface area contributed by atoms with Gasteiger partial charge in [0, 0.05) is 0 Å². The standard InChI is InChI=1S/C14H21NO3/c1-2-3-7-10-15-12(13(16)14(17)18)11-8-5-4-6-9-11/h4-6,8-9,12-13,15-16H,2-3,7,10H2,1H3,(H,17,18). The number of unbranched alkanes of at least 4 members (excludes halogenated alkanes) is 2. The van der Waals surface area contributed by atoms with Crippen molar-refractivity contribution in [2.45, 2.75) is 38.3 Å². The minimum absolute atomic E-state index is 0.555. The summed E-state index contributed by atoms with van der Waals surface area (Å²) in [5.41, 5.74) is 0.795. The molecule has 1 rings (SSSR count). The molecule has 2 unspecified atom stereocenters. The van der Waals surface area contributed by atoms with Gasteiger partial charge in [0.25, 0.3) is 0 Å². The van der Waals surface area contributed by atoms with Crippen molar-refractivity contribution in [3.8, 4) is 0 Å². The van der Waals surface area contributed by atoms with Gasteiger partial charge in [0.1, 0.15) is 0 Å². The van der Waals surface area contributed by atoms with E-state index in [1.165, 1.54) is 0 Å². The van der Waals surface area contributed by atoms with Gasteiger partial charge in [-0.2, -0.15) is 0 Å². The van der Waals surface area contributed by atoms with Crippen LogP contribution in [0, 0.1) is 0 Å². The molecule has 0 aliphatic carbocycles. The van der Waals surface area contributed by atoms with Crippen molar-refractivity contribution in [3.05, 3.63) is 35.9 Å². The van der Waals surface area contributed by atoms with E-state index >= 15 is 0 Å². The van der Waals surface area contributed by atoms with Gasteiger partial charge < -0.3 is 15.5 Å². The molecule has 1 aromatic carbocycles. The number of hydrogen-bond donors (Lipinski definition) is 3. The first-order valence-corrected chi connectivity index (χ1v) is 6.36. The largest absolute Gasteiger partial charge is 0.479 e. The fraction of sp³-hybridized carbons (Fsp3) is 0.500. The Morgan fingerprint density at radius 3 is 2.50 bits per heavy atom. The van der Waals surface area contributed by atoms with E-state index in [4.69, 9.17) is 5.11 Å². The highest BCUT2D eigenvalue weighted by atomic mass is 16.4. The summed E-state index contributed by atoms with van der Waals surface area (Å²) in [6.07, 6.45) is 1.76. The minimum Gasteiger partial charge on any atom is -0.479 e. The van der Waals surface area contributed by atoms with Crippen LogP contribution in [0.15, 0.2) is 30.3 Å². The number of carboxylic acids is 1. The van der Waals surface area contributed by atoms with Gasteiger partial charge in [-0.1, -0.05) is 50.1 Å². The van der Waals surface area contributed by atoms with Crippen LogP contribution in [0.3, 0.4) is 0 Å². The first-order chi connectivity index (χ1) is 8.66. The molecule has 2 atom stereocenters. The third-order valence-corrected chi connectivity index (χ3v) is 2.87. The van der Waals surface area contributed by atoms with E-state index in [0.717, 1.165) is 24.8 Å². The van der Waals surface area contributed by atoms with Crippen LogP contribution in [0.2, 0.25) is 0 Å². The van der Waals surface area contributed by atoms with Crippen molar-refractivity contribution in [1.29, 1.82) is 0 Å². The van der Waals surface area contributed by atoms with Gasteiger partial charge in [0.15, 0.2) is 6.10 Å². The van der Waals surface area contributed by atoms with Crippen molar-refractivity contribution in [1.82, 2.24) is 5.32 Å². The number of carbonyl (C=O) groups is 1. The Kier molecular flexibility index (Phi) is 6.39. The molecular formula is C14H21NO3. The third kappa shape index (κ3) is 4.47. The molecule has 0 fully saturated rings. The number of rotatable bonds is 8. The molecule has 0 bridgehead atoms. The normalized spacial score (nSPS) is 14.1. The van der Waals surface area contributed by atoms with Gasteiger partial charge in [-0.05, 0) is 18.5 Å². The highest BCUT2D eigenvalue weighted by Gasteiger charge is 2.26. The van der Waals surface area contributed by atoms with Crippen LogP contribution < -0.4 is 5.32 Å². The predicted octanol–water partition coefficient (Wildman–Crippen LogP) is 1.95. The molecule has 0 spiro atoms. The van der Waals surface area contributed by atoms with Gasteiger partial charge in [0.2, 0.25) is 0 Å². The Hall–Kier alpha value is -1.39. The van der Waals surface area contributed by atoms with Gasteiger partial charge in [-0.25, -0.2) is 4.79 Å². The first kappa shape index (κ1) is 14.7. The Balaban J connectivity index is 2.67. The summed E-state index contributed by atoms with van der Waals surface area (Å²) in [4.78, 5) is 10.9. The van der Waals surface area contributed by atoms with Gasteiger partial charge in [0.05, 0.1) is 6.04 Å². The molecule has 0 aromatic heterocycles. The molecule has 0 heterocycles. The monoisotopic (exact) mass is 251 g/mol. The lowest BCUT2D eigenvalue weighted by molar-refractivity contribution is -0.148. The minimum atomic E-state index is -1.42. The van der Waals surface area contributed by atoms with Gasteiger partial charge >= 0.3 is 5.97 Å². The van der Waals surface area contributed by atoms with Crippen molar-refractivity contribution in [3.63, 3.8) is 0 Å². The zero-order chi connectivity index (χ0) is 13.4. The zero-order valence-electron chi connectivity index (χ0n) is 10.7. The maximum Gasteiger partial charge on any atom is 0.334 e. The molecule has 100 valence electrons. The SMILES string of the molecule is CCCCCNC(c1ccccc1)C(O)C(=O)O. The Bertz CT molecular complexity index is 353. The average molecular weight is 251 g/mol. The Morgan fingerprint density at radius 2 is 1.94 bits per heavy atom. The molecule has 18 heavy (non-hydrogen) atoms. The quantitative estimate of drug-likeness (QED) is 0.618. The molecular weight excluding hydrogens is 230 g/mol. The fourth-order valence-corrected chi connectivity index (χ4v) is 1.85. The number of nitrogens with one attached hydrogen (secondary N) is 1. The van der Waals surface area contributed by atoms with Crippen molar-refractivity contribution < 1.29 is 15.0 Å². The summed E-state index contributed by atoms with van der Waals surface area (Å²) in [6, 6.07) is 8.63. The third-order valence-electron chi connectivity index (χ3n) is 2.87. The lowest BCUT2D eigenvalue weighted by Gasteiger charge is -2.22. The molecule has 0 saturated heterocycles. The second-order valence-electron chi connectivity index (χ2n) is 4.33. The maximum absolute atomic E-state index is 10.9. The molecule has 0 saturated carbocycles.